The number of hydrogen-bond acceptors (Lipinski definition) is 7. The summed E-state index contributed by atoms with van der Waals surface area (Å²) in [6.45, 7) is 0.0263. The largest absolute Gasteiger partial charge is 0.501 e. The van der Waals surface area contributed by atoms with E-state index in [0.29, 0.717) is 18.4 Å². The van der Waals surface area contributed by atoms with Crippen molar-refractivity contribution < 1.29 is 33.1 Å². The van der Waals surface area contributed by atoms with E-state index in [4.69, 9.17) is 4.74 Å². The highest BCUT2D eigenvalue weighted by molar-refractivity contribution is 6.32. The summed E-state index contributed by atoms with van der Waals surface area (Å²) < 4.78 is 19.9. The van der Waals surface area contributed by atoms with Gasteiger partial charge in [0.25, 0.3) is 11.5 Å². The molecule has 1 fully saturated rings. The smallest absolute Gasteiger partial charge is 0.402 e. The van der Waals surface area contributed by atoms with E-state index in [9.17, 15) is 28.7 Å². The lowest BCUT2D eigenvalue weighted by atomic mass is 9.90. The Hall–Kier alpha value is -3.64. The summed E-state index contributed by atoms with van der Waals surface area (Å²) in [5.74, 6) is -3.64. The average molecular weight is 488 g/mol. The van der Waals surface area contributed by atoms with Gasteiger partial charge in [0.05, 0.1) is 40.4 Å². The lowest BCUT2D eigenvalue weighted by Gasteiger charge is -2.36. The van der Waals surface area contributed by atoms with E-state index in [0.717, 1.165) is 0 Å². The zero-order valence-corrected chi connectivity index (χ0v) is 19.6. The first kappa shape index (κ1) is 24.5. The van der Waals surface area contributed by atoms with Gasteiger partial charge < -0.3 is 20.5 Å². The minimum Gasteiger partial charge on any atom is -0.501 e. The van der Waals surface area contributed by atoms with E-state index < -0.39 is 46.1 Å². The van der Waals surface area contributed by atoms with Crippen molar-refractivity contribution in [3.63, 3.8) is 0 Å². The first-order valence-corrected chi connectivity index (χ1v) is 11.1. The predicted octanol–water partition coefficient (Wildman–Crippen LogP) is -0.245. The zero-order valence-electron chi connectivity index (χ0n) is 19.6. The summed E-state index contributed by atoms with van der Waals surface area (Å²) in [4.78, 5) is 55.6. The molecule has 2 aromatic rings. The zero-order chi connectivity index (χ0) is 25.5. The number of aromatic hydroxyl groups is 1. The summed E-state index contributed by atoms with van der Waals surface area (Å²) >= 11 is 0. The molecule has 35 heavy (non-hydrogen) atoms. The molecule has 186 valence electrons. The Balaban J connectivity index is 1.70. The second kappa shape index (κ2) is 8.86. The van der Waals surface area contributed by atoms with E-state index in [2.05, 4.69) is 15.6 Å². The van der Waals surface area contributed by atoms with E-state index in [1.54, 1.807) is 21.1 Å². The van der Waals surface area contributed by atoms with Crippen LogP contribution in [0.2, 0.25) is 0 Å². The lowest BCUT2D eigenvalue weighted by Crippen LogP contribution is -2.59. The van der Waals surface area contributed by atoms with Gasteiger partial charge in [-0.25, -0.2) is 14.2 Å². The van der Waals surface area contributed by atoms with Gasteiger partial charge in [-0.1, -0.05) is 12.1 Å². The molecule has 0 spiro atoms. The summed E-state index contributed by atoms with van der Waals surface area (Å²) in [5, 5.41) is 15.8. The molecule has 1 aromatic carbocycles. The van der Waals surface area contributed by atoms with Gasteiger partial charge in [-0.3, -0.25) is 23.4 Å². The molecule has 11 nitrogen and oxygen atoms in total. The number of benzene rings is 1. The highest BCUT2D eigenvalue weighted by Crippen LogP contribution is 2.36. The number of nitrogens with zero attached hydrogens (tertiary/aromatic N) is 3. The van der Waals surface area contributed by atoms with E-state index >= 15 is 0 Å². The van der Waals surface area contributed by atoms with Crippen LogP contribution in [0.4, 0.5) is 4.39 Å². The number of quaternary nitrogens is 1. The van der Waals surface area contributed by atoms with Crippen LogP contribution in [0.25, 0.3) is 0 Å². The van der Waals surface area contributed by atoms with Crippen LogP contribution in [0.1, 0.15) is 34.7 Å². The number of ether oxygens (including phenoxy) is 1. The Morgan fingerprint density at radius 2 is 1.94 bits per heavy atom. The standard InChI is InChI=1S/C23H26FN5O6/c1-29(2,3)21(34)19(32)27-23-9-8-15(35-12-23)11-28-20(33)17(30)16(26-22(23)28)18(31)25-10-13-4-6-14(24)7-5-13/h4-7,15H,8-12H2,1-3H3,(H2-,25,27,30,31,32)/p+1. The Kier molecular flexibility index (Phi) is 6.20. The number of aromatic nitrogens is 2. The number of carbonyl (C=O) groups excluding carboxylic acids is 3. The number of hydrogen-bond donors (Lipinski definition) is 3. The second-order valence-electron chi connectivity index (χ2n) is 9.68. The average Bonchev–Trinajstić information content (AvgIpc) is 3.05. The van der Waals surface area contributed by atoms with Gasteiger partial charge in [0.2, 0.25) is 5.75 Å². The number of likely N-dealkylation sites (N-methyl/N-ethyl adjacent to an activating group) is 1. The van der Waals surface area contributed by atoms with Crippen LogP contribution in [0.15, 0.2) is 29.1 Å². The van der Waals surface area contributed by atoms with Crippen LogP contribution in [0, 0.1) is 5.82 Å². The van der Waals surface area contributed by atoms with Gasteiger partial charge in [0, 0.05) is 6.54 Å². The number of rotatable bonds is 4. The fraction of sp³-hybridized carbons (Fsp3) is 0.435. The molecule has 5 rings (SSSR count). The summed E-state index contributed by atoms with van der Waals surface area (Å²) in [6, 6.07) is 5.46. The highest BCUT2D eigenvalue weighted by Gasteiger charge is 2.48. The molecule has 3 aliphatic rings. The maximum atomic E-state index is 13.1. The molecule has 12 heteroatoms. The SMILES string of the molecule is C[N+](C)(C)C(=O)C(=O)NC12CCC(Cn3c1nc(C(=O)NCc1ccc(F)cc1)c(O)c3=O)OC2. The van der Waals surface area contributed by atoms with Crippen LogP contribution in [0.3, 0.4) is 0 Å². The molecule has 2 bridgehead atoms. The molecule has 1 saturated heterocycles. The molecule has 3 amide bonds. The van der Waals surface area contributed by atoms with Crippen molar-refractivity contribution in [1.82, 2.24) is 20.2 Å². The first-order valence-electron chi connectivity index (χ1n) is 11.1. The highest BCUT2D eigenvalue weighted by atomic mass is 19.1. The third-order valence-corrected chi connectivity index (χ3v) is 6.16. The lowest BCUT2D eigenvalue weighted by molar-refractivity contribution is -0.788. The molecule has 0 radical (unpaired) electrons. The van der Waals surface area contributed by atoms with Crippen LogP contribution < -0.4 is 16.2 Å². The van der Waals surface area contributed by atoms with Crippen molar-refractivity contribution in [2.24, 2.45) is 0 Å². The number of amides is 3. The van der Waals surface area contributed by atoms with Crippen molar-refractivity contribution in [2.75, 3.05) is 27.7 Å². The van der Waals surface area contributed by atoms with Crippen LogP contribution in [0.5, 0.6) is 5.75 Å². The molecule has 4 heterocycles. The minimum absolute atomic E-state index is 0.00369. The Labute approximate surface area is 200 Å². The van der Waals surface area contributed by atoms with Crippen molar-refractivity contribution in [3.8, 4) is 5.75 Å². The monoisotopic (exact) mass is 488 g/mol. The van der Waals surface area contributed by atoms with E-state index in [1.807, 2.05) is 0 Å². The van der Waals surface area contributed by atoms with Gasteiger partial charge in [0.15, 0.2) is 5.69 Å². The summed E-state index contributed by atoms with van der Waals surface area (Å²) in [7, 11) is 4.66. The van der Waals surface area contributed by atoms with Crippen LogP contribution >= 0.6 is 0 Å². The molecule has 1 aromatic heterocycles. The number of fused-ring (bicyclic) bond motifs is 2. The van der Waals surface area contributed by atoms with Gasteiger partial charge in [-0.15, -0.1) is 0 Å². The van der Waals surface area contributed by atoms with Crippen LogP contribution in [-0.4, -0.2) is 70.7 Å². The molecular formula is C23H27FN5O6+. The third-order valence-electron chi connectivity index (χ3n) is 6.16. The van der Waals surface area contributed by atoms with Gasteiger partial charge in [-0.05, 0) is 30.5 Å². The Morgan fingerprint density at radius 1 is 1.26 bits per heavy atom. The van der Waals surface area contributed by atoms with Gasteiger partial charge >= 0.3 is 11.8 Å². The maximum Gasteiger partial charge on any atom is 0.402 e. The summed E-state index contributed by atoms with van der Waals surface area (Å²) in [6.07, 6.45) is 0.434. The number of nitrogens with one attached hydrogen (secondary N) is 2. The minimum atomic E-state index is -1.34. The number of halogens is 1. The fourth-order valence-electron chi connectivity index (χ4n) is 4.18. The quantitative estimate of drug-likeness (QED) is 0.399. The molecule has 3 aliphatic heterocycles. The third kappa shape index (κ3) is 4.66. The molecule has 3 N–H and O–H groups in total. The van der Waals surface area contributed by atoms with Crippen molar-refractivity contribution in [1.29, 1.82) is 0 Å². The van der Waals surface area contributed by atoms with Crippen LogP contribution in [-0.2, 0) is 33.0 Å². The van der Waals surface area contributed by atoms with Crippen molar-refractivity contribution in [2.45, 2.75) is 37.6 Å². The van der Waals surface area contributed by atoms with Crippen molar-refractivity contribution in [3.05, 3.63) is 57.5 Å². The molecular weight excluding hydrogens is 461 g/mol. The van der Waals surface area contributed by atoms with E-state index in [-0.39, 0.29) is 36.1 Å². The first-order chi connectivity index (χ1) is 16.4. The van der Waals surface area contributed by atoms with Gasteiger partial charge in [0.1, 0.15) is 17.2 Å². The fourth-order valence-corrected chi connectivity index (χ4v) is 4.18. The summed E-state index contributed by atoms with van der Waals surface area (Å²) in [5.41, 5.74) is -2.11. The van der Waals surface area contributed by atoms with Crippen molar-refractivity contribution >= 4 is 17.7 Å². The normalized spacial score (nSPS) is 21.1. The molecule has 0 saturated carbocycles. The van der Waals surface area contributed by atoms with Gasteiger partial charge in [-0.2, -0.15) is 0 Å². The maximum absolute atomic E-state index is 13.1. The van der Waals surface area contributed by atoms with E-state index in [1.165, 1.54) is 28.8 Å². The Morgan fingerprint density at radius 3 is 2.54 bits per heavy atom. The molecule has 2 unspecified atom stereocenters. The topological polar surface area (TPSA) is 140 Å². The Bertz CT molecular complexity index is 1240. The molecule has 0 aliphatic carbocycles. The second-order valence-corrected chi connectivity index (χ2v) is 9.68. The molecule has 2 atom stereocenters. The predicted molar refractivity (Wildman–Crippen MR) is 120 cm³/mol. The number of carbonyl (C=O) groups is 3.